The van der Waals surface area contributed by atoms with Gasteiger partial charge in [0.05, 0.1) is 0 Å². The number of Topliss-reactive ketones (excluding diaryl/α,β-unsaturated/α-hetero) is 1. The normalized spacial score (nSPS) is 24.6. The van der Waals surface area contributed by atoms with Crippen LogP contribution in [0.3, 0.4) is 0 Å². The van der Waals surface area contributed by atoms with E-state index in [1.807, 2.05) is 6.08 Å². The van der Waals surface area contributed by atoms with E-state index in [1.54, 1.807) is 0 Å². The lowest BCUT2D eigenvalue weighted by molar-refractivity contribution is -0.121. The van der Waals surface area contributed by atoms with E-state index in [-0.39, 0.29) is 5.92 Å². The standard InChI is InChI=1S/C10H14O/c1-3-4-9-7-8(2)5-6-10(9)11/h3,7,9H,1,4-6H2,2H3. The molecule has 0 aromatic rings. The van der Waals surface area contributed by atoms with Crippen LogP contribution in [0.25, 0.3) is 0 Å². The van der Waals surface area contributed by atoms with Crippen LogP contribution in [-0.4, -0.2) is 5.78 Å². The van der Waals surface area contributed by atoms with Crippen molar-refractivity contribution in [3.63, 3.8) is 0 Å². The van der Waals surface area contributed by atoms with Gasteiger partial charge >= 0.3 is 0 Å². The third kappa shape index (κ3) is 2.04. The monoisotopic (exact) mass is 150 g/mol. The van der Waals surface area contributed by atoms with Gasteiger partial charge in [-0.25, -0.2) is 0 Å². The Morgan fingerprint density at radius 3 is 3.09 bits per heavy atom. The Labute approximate surface area is 67.8 Å². The molecule has 0 aromatic heterocycles. The number of rotatable bonds is 2. The van der Waals surface area contributed by atoms with Crippen molar-refractivity contribution in [3.05, 3.63) is 24.3 Å². The van der Waals surface area contributed by atoms with E-state index in [9.17, 15) is 4.79 Å². The number of hydrogen-bond acceptors (Lipinski definition) is 1. The van der Waals surface area contributed by atoms with Gasteiger partial charge in [0.25, 0.3) is 0 Å². The number of ketones is 1. The minimum atomic E-state index is 0.126. The quantitative estimate of drug-likeness (QED) is 0.553. The van der Waals surface area contributed by atoms with Gasteiger partial charge in [-0.15, -0.1) is 6.58 Å². The number of carbonyl (C=O) groups is 1. The highest BCUT2D eigenvalue weighted by Crippen LogP contribution is 2.21. The van der Waals surface area contributed by atoms with E-state index in [0.29, 0.717) is 5.78 Å². The summed E-state index contributed by atoms with van der Waals surface area (Å²) in [6.45, 7) is 5.72. The molecule has 1 atom stereocenters. The Morgan fingerprint density at radius 1 is 1.73 bits per heavy atom. The Morgan fingerprint density at radius 2 is 2.45 bits per heavy atom. The molecule has 0 bridgehead atoms. The van der Waals surface area contributed by atoms with Crippen LogP contribution in [0.2, 0.25) is 0 Å². The second-order valence-electron chi connectivity index (χ2n) is 3.11. The molecule has 1 heteroatoms. The van der Waals surface area contributed by atoms with Crippen LogP contribution in [0.15, 0.2) is 24.3 Å². The number of allylic oxidation sites excluding steroid dienone is 3. The summed E-state index contributed by atoms with van der Waals surface area (Å²) < 4.78 is 0. The topological polar surface area (TPSA) is 17.1 Å². The molecule has 0 spiro atoms. The SMILES string of the molecule is C=CCC1C=C(C)CCC1=O. The summed E-state index contributed by atoms with van der Waals surface area (Å²) in [6.07, 6.45) is 6.37. The van der Waals surface area contributed by atoms with E-state index in [1.165, 1.54) is 5.57 Å². The maximum Gasteiger partial charge on any atom is 0.140 e. The lowest BCUT2D eigenvalue weighted by Gasteiger charge is -2.16. The molecule has 0 aromatic carbocycles. The maximum atomic E-state index is 11.2. The van der Waals surface area contributed by atoms with E-state index in [2.05, 4.69) is 19.6 Å². The first-order chi connectivity index (χ1) is 5.24. The molecule has 0 fully saturated rings. The molecule has 1 unspecified atom stereocenters. The van der Waals surface area contributed by atoms with E-state index < -0.39 is 0 Å². The predicted molar refractivity (Wildman–Crippen MR) is 46.3 cm³/mol. The molecule has 11 heavy (non-hydrogen) atoms. The van der Waals surface area contributed by atoms with Crippen molar-refractivity contribution in [3.8, 4) is 0 Å². The van der Waals surface area contributed by atoms with Crippen LogP contribution in [0.4, 0.5) is 0 Å². The van der Waals surface area contributed by atoms with Gasteiger partial charge in [-0.1, -0.05) is 17.7 Å². The first-order valence-corrected chi connectivity index (χ1v) is 4.05. The summed E-state index contributed by atoms with van der Waals surface area (Å²) in [4.78, 5) is 11.2. The van der Waals surface area contributed by atoms with Gasteiger partial charge in [0, 0.05) is 12.3 Å². The van der Waals surface area contributed by atoms with Gasteiger partial charge in [0.2, 0.25) is 0 Å². The summed E-state index contributed by atoms with van der Waals surface area (Å²) in [6, 6.07) is 0. The minimum absolute atomic E-state index is 0.126. The lowest BCUT2D eigenvalue weighted by Crippen LogP contribution is -2.15. The molecule has 0 N–H and O–H groups in total. The molecule has 0 heterocycles. The van der Waals surface area contributed by atoms with Gasteiger partial charge in [0.1, 0.15) is 5.78 Å². The molecule has 0 radical (unpaired) electrons. The van der Waals surface area contributed by atoms with E-state index in [4.69, 9.17) is 0 Å². The zero-order valence-electron chi connectivity index (χ0n) is 6.97. The Bertz CT molecular complexity index is 201. The Hall–Kier alpha value is -0.850. The van der Waals surface area contributed by atoms with Crippen molar-refractivity contribution in [2.45, 2.75) is 26.2 Å². The predicted octanol–water partition coefficient (Wildman–Crippen LogP) is 2.49. The highest BCUT2D eigenvalue weighted by Gasteiger charge is 2.18. The molecule has 1 nitrogen and oxygen atoms in total. The summed E-state index contributed by atoms with van der Waals surface area (Å²) in [5.41, 5.74) is 1.34. The van der Waals surface area contributed by atoms with Gasteiger partial charge in [-0.2, -0.15) is 0 Å². The fourth-order valence-electron chi connectivity index (χ4n) is 1.40. The molecule has 1 rings (SSSR count). The number of carbonyl (C=O) groups excluding carboxylic acids is 1. The fraction of sp³-hybridized carbons (Fsp3) is 0.500. The van der Waals surface area contributed by atoms with Gasteiger partial charge in [0.15, 0.2) is 0 Å². The van der Waals surface area contributed by atoms with E-state index >= 15 is 0 Å². The van der Waals surface area contributed by atoms with Crippen molar-refractivity contribution < 1.29 is 4.79 Å². The van der Waals surface area contributed by atoms with Crippen molar-refractivity contribution in [1.82, 2.24) is 0 Å². The van der Waals surface area contributed by atoms with Crippen molar-refractivity contribution in [1.29, 1.82) is 0 Å². The third-order valence-corrected chi connectivity index (χ3v) is 2.09. The smallest absolute Gasteiger partial charge is 0.140 e. The molecule has 1 aliphatic carbocycles. The van der Waals surface area contributed by atoms with Crippen molar-refractivity contribution in [2.75, 3.05) is 0 Å². The zero-order chi connectivity index (χ0) is 8.27. The maximum absolute atomic E-state index is 11.2. The molecule has 0 saturated heterocycles. The average Bonchev–Trinajstić information content (AvgIpc) is 1.98. The Kier molecular flexibility index (Phi) is 2.64. The molecular formula is C10H14O. The van der Waals surface area contributed by atoms with Gasteiger partial charge in [-0.3, -0.25) is 4.79 Å². The van der Waals surface area contributed by atoms with Gasteiger partial charge in [-0.05, 0) is 19.8 Å². The van der Waals surface area contributed by atoms with Crippen LogP contribution >= 0.6 is 0 Å². The second-order valence-corrected chi connectivity index (χ2v) is 3.11. The molecule has 0 saturated carbocycles. The summed E-state index contributed by atoms with van der Waals surface area (Å²) in [5.74, 6) is 0.497. The molecule has 0 aliphatic heterocycles. The third-order valence-electron chi connectivity index (χ3n) is 2.09. The summed E-state index contributed by atoms with van der Waals surface area (Å²) >= 11 is 0. The van der Waals surface area contributed by atoms with Crippen molar-refractivity contribution in [2.24, 2.45) is 5.92 Å². The Balaban J connectivity index is 2.66. The van der Waals surface area contributed by atoms with Crippen molar-refractivity contribution >= 4 is 5.78 Å². The van der Waals surface area contributed by atoms with Gasteiger partial charge < -0.3 is 0 Å². The molecular weight excluding hydrogens is 136 g/mol. The minimum Gasteiger partial charge on any atom is -0.299 e. The van der Waals surface area contributed by atoms with Crippen LogP contribution in [0, 0.1) is 5.92 Å². The number of hydrogen-bond donors (Lipinski definition) is 0. The largest absolute Gasteiger partial charge is 0.299 e. The highest BCUT2D eigenvalue weighted by molar-refractivity contribution is 5.84. The van der Waals surface area contributed by atoms with Crippen LogP contribution in [0.1, 0.15) is 26.2 Å². The first kappa shape index (κ1) is 8.25. The molecule has 60 valence electrons. The van der Waals surface area contributed by atoms with Crippen LogP contribution in [0.5, 0.6) is 0 Å². The average molecular weight is 150 g/mol. The zero-order valence-corrected chi connectivity index (χ0v) is 6.97. The summed E-state index contributed by atoms with van der Waals surface area (Å²) in [7, 11) is 0. The fourth-order valence-corrected chi connectivity index (χ4v) is 1.40. The van der Waals surface area contributed by atoms with Crippen LogP contribution < -0.4 is 0 Å². The highest BCUT2D eigenvalue weighted by atomic mass is 16.1. The van der Waals surface area contributed by atoms with E-state index in [0.717, 1.165) is 19.3 Å². The van der Waals surface area contributed by atoms with Crippen LogP contribution in [-0.2, 0) is 4.79 Å². The summed E-state index contributed by atoms with van der Waals surface area (Å²) in [5, 5.41) is 0. The second kappa shape index (κ2) is 3.51. The first-order valence-electron chi connectivity index (χ1n) is 4.05. The lowest BCUT2D eigenvalue weighted by atomic mass is 9.88. The molecule has 0 amide bonds. The molecule has 1 aliphatic rings.